The number of carbonyl (C=O) groups is 3. The number of nitrogens with one attached hydrogen (secondary N) is 1. The molecular formula is C25H19N3O3. The van der Waals surface area contributed by atoms with Gasteiger partial charge in [-0.1, -0.05) is 31.2 Å². The van der Waals surface area contributed by atoms with Crippen LogP contribution in [0.3, 0.4) is 0 Å². The van der Waals surface area contributed by atoms with E-state index < -0.39 is 0 Å². The van der Waals surface area contributed by atoms with Crippen molar-refractivity contribution in [2.75, 3.05) is 5.32 Å². The Balaban J connectivity index is 1.47. The fraction of sp³-hybridized carbons (Fsp3) is 0.120. The van der Waals surface area contributed by atoms with E-state index in [2.05, 4.69) is 10.3 Å². The lowest BCUT2D eigenvalue weighted by atomic mass is 9.84. The second-order valence-electron chi connectivity index (χ2n) is 7.56. The molecule has 1 aliphatic rings. The number of hydrogen-bond acceptors (Lipinski definition) is 4. The van der Waals surface area contributed by atoms with Crippen LogP contribution < -0.4 is 5.32 Å². The summed E-state index contributed by atoms with van der Waals surface area (Å²) in [5.74, 6) is -0.706. The van der Waals surface area contributed by atoms with Crippen LogP contribution in [-0.4, -0.2) is 26.9 Å². The summed E-state index contributed by atoms with van der Waals surface area (Å²) < 4.78 is 1.90. The molecule has 6 nitrogen and oxygen atoms in total. The number of hydrogen-bond donors (Lipinski definition) is 1. The summed E-state index contributed by atoms with van der Waals surface area (Å²) in [5, 5.41) is 2.84. The van der Waals surface area contributed by atoms with Crippen LogP contribution in [0.15, 0.2) is 60.8 Å². The minimum atomic E-state index is -0.303. The van der Waals surface area contributed by atoms with Crippen LogP contribution >= 0.6 is 0 Å². The van der Waals surface area contributed by atoms with Gasteiger partial charge in [-0.15, -0.1) is 0 Å². The highest BCUT2D eigenvalue weighted by atomic mass is 16.2. The zero-order chi connectivity index (χ0) is 21.7. The van der Waals surface area contributed by atoms with Crippen LogP contribution in [0, 0.1) is 6.92 Å². The molecule has 31 heavy (non-hydrogen) atoms. The number of rotatable bonds is 3. The first-order chi connectivity index (χ1) is 15.0. The first kappa shape index (κ1) is 18.9. The van der Waals surface area contributed by atoms with Crippen molar-refractivity contribution in [1.82, 2.24) is 9.38 Å². The van der Waals surface area contributed by atoms with Gasteiger partial charge in [0.25, 0.3) is 5.91 Å². The molecule has 2 aromatic carbocycles. The Morgan fingerprint density at radius 2 is 1.61 bits per heavy atom. The molecule has 1 aliphatic carbocycles. The van der Waals surface area contributed by atoms with Gasteiger partial charge in [0.15, 0.2) is 11.6 Å². The molecule has 0 spiro atoms. The smallest absolute Gasteiger partial charge is 0.257 e. The van der Waals surface area contributed by atoms with Gasteiger partial charge in [-0.3, -0.25) is 14.4 Å². The lowest BCUT2D eigenvalue weighted by Crippen LogP contribution is -2.21. The number of fused-ring (bicyclic) bond motifs is 3. The standard InChI is InChI=1S/C25H19N3O3/c1-3-21-14(2)28-13-15(8-11-22(28)27-21)25(31)26-16-9-10-19-20(12-16)24(30)18-7-5-4-6-17(18)23(19)29/h4-13H,3H2,1-2H3,(H,26,31). The van der Waals surface area contributed by atoms with Crippen LogP contribution in [0.1, 0.15) is 60.5 Å². The van der Waals surface area contributed by atoms with Crippen LogP contribution in [0.25, 0.3) is 5.65 Å². The Morgan fingerprint density at radius 1 is 0.935 bits per heavy atom. The van der Waals surface area contributed by atoms with Crippen molar-refractivity contribution in [1.29, 1.82) is 0 Å². The van der Waals surface area contributed by atoms with Gasteiger partial charge in [-0.2, -0.15) is 0 Å². The number of carbonyl (C=O) groups excluding carboxylic acids is 3. The number of benzene rings is 2. The van der Waals surface area contributed by atoms with Crippen LogP contribution in [0.2, 0.25) is 0 Å². The number of anilines is 1. The van der Waals surface area contributed by atoms with Crippen molar-refractivity contribution >= 4 is 28.8 Å². The van der Waals surface area contributed by atoms with Gasteiger partial charge in [-0.05, 0) is 43.7 Å². The summed E-state index contributed by atoms with van der Waals surface area (Å²) in [4.78, 5) is 43.1. The van der Waals surface area contributed by atoms with E-state index in [0.717, 1.165) is 23.5 Å². The molecule has 0 saturated heterocycles. The fourth-order valence-electron chi connectivity index (χ4n) is 4.06. The quantitative estimate of drug-likeness (QED) is 0.483. The van der Waals surface area contributed by atoms with Crippen LogP contribution in [0.4, 0.5) is 5.69 Å². The summed E-state index contributed by atoms with van der Waals surface area (Å²) >= 11 is 0. The van der Waals surface area contributed by atoms with Gasteiger partial charge < -0.3 is 9.72 Å². The molecule has 152 valence electrons. The number of pyridine rings is 1. The lowest BCUT2D eigenvalue weighted by Gasteiger charge is -2.18. The van der Waals surface area contributed by atoms with Crippen molar-refractivity contribution < 1.29 is 14.4 Å². The van der Waals surface area contributed by atoms with E-state index in [1.807, 2.05) is 24.3 Å². The van der Waals surface area contributed by atoms with Crippen molar-refractivity contribution in [3.05, 3.63) is 100.0 Å². The topological polar surface area (TPSA) is 80.5 Å². The zero-order valence-electron chi connectivity index (χ0n) is 17.1. The largest absolute Gasteiger partial charge is 0.322 e. The second kappa shape index (κ2) is 7.02. The lowest BCUT2D eigenvalue weighted by molar-refractivity contribution is 0.0979. The number of aryl methyl sites for hydroxylation is 2. The molecule has 0 bridgehead atoms. The van der Waals surface area contributed by atoms with Crippen LogP contribution in [0.5, 0.6) is 0 Å². The van der Waals surface area contributed by atoms with E-state index in [4.69, 9.17) is 0 Å². The molecule has 0 aliphatic heterocycles. The molecule has 4 aromatic rings. The molecule has 1 amide bonds. The summed E-state index contributed by atoms with van der Waals surface area (Å²) in [6.07, 6.45) is 2.58. The Bertz CT molecular complexity index is 1420. The summed E-state index contributed by atoms with van der Waals surface area (Å²) in [6, 6.07) is 15.1. The maximum atomic E-state index is 12.9. The monoisotopic (exact) mass is 409 g/mol. The summed E-state index contributed by atoms with van der Waals surface area (Å²) in [7, 11) is 0. The van der Waals surface area contributed by atoms with E-state index in [-0.39, 0.29) is 17.5 Å². The highest BCUT2D eigenvalue weighted by Gasteiger charge is 2.29. The number of aromatic nitrogens is 2. The highest BCUT2D eigenvalue weighted by Crippen LogP contribution is 2.29. The van der Waals surface area contributed by atoms with Gasteiger partial charge in [0.1, 0.15) is 5.65 Å². The third kappa shape index (κ3) is 2.95. The Morgan fingerprint density at radius 3 is 2.32 bits per heavy atom. The predicted molar refractivity (Wildman–Crippen MR) is 117 cm³/mol. The minimum absolute atomic E-state index is 0.184. The molecule has 0 saturated carbocycles. The van der Waals surface area contributed by atoms with E-state index in [1.54, 1.807) is 54.7 Å². The van der Waals surface area contributed by atoms with E-state index in [9.17, 15) is 14.4 Å². The SMILES string of the molecule is CCc1nc2ccc(C(=O)Nc3ccc4c(c3)C(=O)c3ccccc3C4=O)cn2c1C. The van der Waals surface area contributed by atoms with Gasteiger partial charge >= 0.3 is 0 Å². The van der Waals surface area contributed by atoms with Gasteiger partial charge in [0.05, 0.1) is 11.3 Å². The third-order valence-corrected chi connectivity index (χ3v) is 5.74. The zero-order valence-corrected chi connectivity index (χ0v) is 17.1. The van der Waals surface area contributed by atoms with Gasteiger partial charge in [0.2, 0.25) is 0 Å². The molecule has 1 N–H and O–H groups in total. The third-order valence-electron chi connectivity index (χ3n) is 5.74. The fourth-order valence-corrected chi connectivity index (χ4v) is 4.06. The minimum Gasteiger partial charge on any atom is -0.322 e. The number of ketones is 2. The molecule has 0 fully saturated rings. The van der Waals surface area contributed by atoms with Gasteiger partial charge in [0, 0.05) is 39.8 Å². The maximum absolute atomic E-state index is 12.9. The first-order valence-electron chi connectivity index (χ1n) is 10.1. The van der Waals surface area contributed by atoms with Crippen molar-refractivity contribution in [2.24, 2.45) is 0 Å². The molecule has 2 heterocycles. The summed E-state index contributed by atoms with van der Waals surface area (Å²) in [6.45, 7) is 4.02. The van der Waals surface area contributed by atoms with E-state index in [1.165, 1.54) is 0 Å². The van der Waals surface area contributed by atoms with Crippen molar-refractivity contribution in [2.45, 2.75) is 20.3 Å². The molecule has 6 heteroatoms. The maximum Gasteiger partial charge on any atom is 0.257 e. The van der Waals surface area contributed by atoms with E-state index >= 15 is 0 Å². The van der Waals surface area contributed by atoms with Gasteiger partial charge in [-0.25, -0.2) is 4.98 Å². The summed E-state index contributed by atoms with van der Waals surface area (Å²) in [5.41, 5.74) is 5.17. The number of amides is 1. The molecule has 2 aromatic heterocycles. The normalized spacial score (nSPS) is 12.6. The molecule has 0 atom stereocenters. The van der Waals surface area contributed by atoms with E-state index in [0.29, 0.717) is 33.5 Å². The van der Waals surface area contributed by atoms with Crippen LogP contribution in [-0.2, 0) is 6.42 Å². The molecule has 0 radical (unpaired) electrons. The Labute approximate surface area is 178 Å². The molecule has 0 unspecified atom stereocenters. The number of imidazole rings is 1. The average molecular weight is 409 g/mol. The molecule has 5 rings (SSSR count). The number of nitrogens with zero attached hydrogens (tertiary/aromatic N) is 2. The Kier molecular flexibility index (Phi) is 4.29. The molecular weight excluding hydrogens is 390 g/mol. The van der Waals surface area contributed by atoms with Crippen molar-refractivity contribution in [3.63, 3.8) is 0 Å². The second-order valence-corrected chi connectivity index (χ2v) is 7.56. The predicted octanol–water partition coefficient (Wildman–Crippen LogP) is 4.23. The van der Waals surface area contributed by atoms with Crippen molar-refractivity contribution in [3.8, 4) is 0 Å². The average Bonchev–Trinajstić information content (AvgIpc) is 3.12. The highest BCUT2D eigenvalue weighted by molar-refractivity contribution is 6.28. The first-order valence-corrected chi connectivity index (χ1v) is 10.1. The Hall–Kier alpha value is -4.06.